The molecule has 2 amide bonds. The van der Waals surface area contributed by atoms with Crippen molar-refractivity contribution in [3.05, 3.63) is 76.3 Å². The van der Waals surface area contributed by atoms with Crippen molar-refractivity contribution in [2.24, 2.45) is 0 Å². The number of hydrogen-bond donors (Lipinski definition) is 1. The van der Waals surface area contributed by atoms with Crippen LogP contribution >= 0.6 is 11.3 Å². The second-order valence-corrected chi connectivity index (χ2v) is 9.74. The van der Waals surface area contributed by atoms with Gasteiger partial charge in [0.2, 0.25) is 5.91 Å². The lowest BCUT2D eigenvalue weighted by Gasteiger charge is -2.37. The van der Waals surface area contributed by atoms with Gasteiger partial charge in [-0.2, -0.15) is 0 Å². The Balaban J connectivity index is 1.20. The molecule has 1 N–H and O–H groups in total. The number of carbonyl (C=O) groups excluding carboxylic acids is 3. The molecule has 3 aromatic rings. The van der Waals surface area contributed by atoms with Gasteiger partial charge < -0.3 is 9.80 Å². The van der Waals surface area contributed by atoms with E-state index in [1.807, 2.05) is 47.4 Å². The SMILES string of the molecule is CC(=O)c1ccc(N2CCN(C(=O)C3CCc4sc(NC(=O)c5ccccc5)nc43)CC2)cc1. The molecule has 0 saturated carbocycles. The molecule has 1 aromatic heterocycles. The highest BCUT2D eigenvalue weighted by Gasteiger charge is 2.36. The number of fused-ring (bicyclic) bond motifs is 1. The van der Waals surface area contributed by atoms with Crippen LogP contribution in [0.1, 0.15) is 50.5 Å². The topological polar surface area (TPSA) is 82.6 Å². The van der Waals surface area contributed by atoms with Gasteiger partial charge in [-0.25, -0.2) is 4.98 Å². The van der Waals surface area contributed by atoms with Crippen molar-refractivity contribution in [1.82, 2.24) is 9.88 Å². The van der Waals surface area contributed by atoms with Gasteiger partial charge in [-0.05, 0) is 56.2 Å². The molecule has 5 rings (SSSR count). The van der Waals surface area contributed by atoms with Crippen LogP contribution in [0, 0.1) is 0 Å². The van der Waals surface area contributed by atoms with E-state index in [1.54, 1.807) is 19.1 Å². The van der Waals surface area contributed by atoms with Crippen molar-refractivity contribution in [1.29, 1.82) is 0 Å². The summed E-state index contributed by atoms with van der Waals surface area (Å²) < 4.78 is 0. The number of nitrogens with one attached hydrogen (secondary N) is 1. The highest BCUT2D eigenvalue weighted by Crippen LogP contribution is 2.39. The quantitative estimate of drug-likeness (QED) is 0.566. The molecule has 0 spiro atoms. The van der Waals surface area contributed by atoms with Crippen LogP contribution in [-0.2, 0) is 11.2 Å². The van der Waals surface area contributed by atoms with E-state index in [9.17, 15) is 14.4 Å². The molecule has 1 fully saturated rings. The molecule has 7 nitrogen and oxygen atoms in total. The van der Waals surface area contributed by atoms with E-state index in [0.29, 0.717) is 29.3 Å². The van der Waals surface area contributed by atoms with E-state index in [1.165, 1.54) is 11.3 Å². The van der Waals surface area contributed by atoms with Crippen LogP contribution in [-0.4, -0.2) is 53.7 Å². The van der Waals surface area contributed by atoms with Crippen LogP contribution in [0.15, 0.2) is 54.6 Å². The molecule has 2 aromatic carbocycles. The maximum Gasteiger partial charge on any atom is 0.257 e. The normalized spacial score (nSPS) is 17.4. The number of aryl methyl sites for hydroxylation is 1. The first-order valence-corrected chi connectivity index (χ1v) is 12.3. The van der Waals surface area contributed by atoms with Crippen molar-refractivity contribution >= 4 is 39.8 Å². The highest BCUT2D eigenvalue weighted by molar-refractivity contribution is 7.16. The fraction of sp³-hybridized carbons (Fsp3) is 0.308. The number of hydrogen-bond acceptors (Lipinski definition) is 6. The summed E-state index contributed by atoms with van der Waals surface area (Å²) >= 11 is 1.47. The third-order valence-corrected chi connectivity index (χ3v) is 7.55. The van der Waals surface area contributed by atoms with Crippen molar-refractivity contribution in [3.63, 3.8) is 0 Å². The lowest BCUT2D eigenvalue weighted by molar-refractivity contribution is -0.133. The third kappa shape index (κ3) is 4.46. The molecule has 0 bridgehead atoms. The number of carbonyl (C=O) groups is 3. The van der Waals surface area contributed by atoms with Crippen LogP contribution in [0.2, 0.25) is 0 Å². The summed E-state index contributed by atoms with van der Waals surface area (Å²) in [7, 11) is 0. The number of Topliss-reactive ketones (excluding diaryl/α,β-unsaturated/α-hetero) is 1. The Morgan fingerprint density at radius 2 is 1.65 bits per heavy atom. The van der Waals surface area contributed by atoms with Gasteiger partial charge in [0.25, 0.3) is 5.91 Å². The van der Waals surface area contributed by atoms with Gasteiger partial charge in [0, 0.05) is 47.9 Å². The summed E-state index contributed by atoms with van der Waals surface area (Å²) in [6.45, 7) is 4.37. The largest absolute Gasteiger partial charge is 0.368 e. The number of thiazole rings is 1. The Morgan fingerprint density at radius 3 is 2.32 bits per heavy atom. The smallest absolute Gasteiger partial charge is 0.257 e. The molecule has 1 aliphatic carbocycles. The molecule has 174 valence electrons. The third-order valence-electron chi connectivity index (χ3n) is 6.50. The molecular formula is C26H26N4O3S. The first kappa shape index (κ1) is 22.3. The zero-order chi connectivity index (χ0) is 23.7. The minimum absolute atomic E-state index is 0.0581. The summed E-state index contributed by atoms with van der Waals surface area (Å²) in [4.78, 5) is 47.2. The number of benzene rings is 2. The van der Waals surface area contributed by atoms with Crippen LogP contribution < -0.4 is 10.2 Å². The van der Waals surface area contributed by atoms with Crippen LogP contribution in [0.25, 0.3) is 0 Å². The van der Waals surface area contributed by atoms with Gasteiger partial charge in [0.15, 0.2) is 10.9 Å². The maximum atomic E-state index is 13.3. The Bertz CT molecular complexity index is 1210. The average molecular weight is 475 g/mol. The van der Waals surface area contributed by atoms with Gasteiger partial charge >= 0.3 is 0 Å². The predicted molar refractivity (Wildman–Crippen MR) is 133 cm³/mol. The van der Waals surface area contributed by atoms with Gasteiger partial charge in [0.1, 0.15) is 0 Å². The van der Waals surface area contributed by atoms with E-state index in [-0.39, 0.29) is 23.5 Å². The van der Waals surface area contributed by atoms with E-state index < -0.39 is 0 Å². The predicted octanol–water partition coefficient (Wildman–Crippen LogP) is 3.98. The van der Waals surface area contributed by atoms with Crippen molar-refractivity contribution in [2.45, 2.75) is 25.7 Å². The summed E-state index contributed by atoms with van der Waals surface area (Å²) in [5.41, 5.74) is 3.18. The summed E-state index contributed by atoms with van der Waals surface area (Å²) in [6, 6.07) is 16.7. The molecule has 2 aliphatic rings. The van der Waals surface area contributed by atoms with Crippen LogP contribution in [0.3, 0.4) is 0 Å². The fourth-order valence-electron chi connectivity index (χ4n) is 4.59. The van der Waals surface area contributed by atoms with Gasteiger partial charge in [-0.1, -0.05) is 18.2 Å². The Kier molecular flexibility index (Phi) is 6.15. The molecule has 34 heavy (non-hydrogen) atoms. The van der Waals surface area contributed by atoms with Gasteiger partial charge in [-0.3, -0.25) is 19.7 Å². The zero-order valence-electron chi connectivity index (χ0n) is 19.0. The molecule has 1 unspecified atom stereocenters. The number of ketones is 1. The van der Waals surface area contributed by atoms with Crippen molar-refractivity contribution in [2.75, 3.05) is 36.4 Å². The molecular weight excluding hydrogens is 448 g/mol. The van der Waals surface area contributed by atoms with E-state index >= 15 is 0 Å². The first-order valence-electron chi connectivity index (χ1n) is 11.5. The molecule has 0 radical (unpaired) electrons. The monoisotopic (exact) mass is 474 g/mol. The minimum atomic E-state index is -0.241. The Morgan fingerprint density at radius 1 is 0.941 bits per heavy atom. The molecule has 1 atom stereocenters. The highest BCUT2D eigenvalue weighted by atomic mass is 32.1. The summed E-state index contributed by atoms with van der Waals surface area (Å²) in [5.74, 6) is -0.252. The number of piperazine rings is 1. The Labute approximate surface area is 202 Å². The number of rotatable bonds is 5. The van der Waals surface area contributed by atoms with E-state index in [2.05, 4.69) is 15.2 Å². The lowest BCUT2D eigenvalue weighted by atomic mass is 10.0. The molecule has 8 heteroatoms. The maximum absolute atomic E-state index is 13.3. The fourth-order valence-corrected chi connectivity index (χ4v) is 5.63. The molecule has 1 saturated heterocycles. The lowest BCUT2D eigenvalue weighted by Crippen LogP contribution is -2.50. The van der Waals surface area contributed by atoms with Crippen LogP contribution in [0.5, 0.6) is 0 Å². The minimum Gasteiger partial charge on any atom is -0.368 e. The van der Waals surface area contributed by atoms with Gasteiger partial charge in [0.05, 0.1) is 11.6 Å². The Hall–Kier alpha value is -3.52. The second-order valence-electron chi connectivity index (χ2n) is 8.65. The standard InChI is InChI=1S/C26H26N4O3S/c1-17(31)18-7-9-20(10-8-18)29-13-15-30(16-14-29)25(33)21-11-12-22-23(21)27-26(34-22)28-24(32)19-5-3-2-4-6-19/h2-10,21H,11-16H2,1H3,(H,27,28,32). The summed E-state index contributed by atoms with van der Waals surface area (Å²) in [5, 5.41) is 3.43. The second kappa shape index (κ2) is 9.38. The molecule has 1 aliphatic heterocycles. The molecule has 2 heterocycles. The zero-order valence-corrected chi connectivity index (χ0v) is 19.8. The van der Waals surface area contributed by atoms with E-state index in [4.69, 9.17) is 0 Å². The number of aromatic nitrogens is 1. The summed E-state index contributed by atoms with van der Waals surface area (Å²) in [6.07, 6.45) is 1.58. The first-order chi connectivity index (χ1) is 16.5. The van der Waals surface area contributed by atoms with Crippen molar-refractivity contribution in [3.8, 4) is 0 Å². The number of amides is 2. The van der Waals surface area contributed by atoms with Crippen LogP contribution in [0.4, 0.5) is 10.8 Å². The number of anilines is 2. The van der Waals surface area contributed by atoms with E-state index in [0.717, 1.165) is 42.2 Å². The number of nitrogens with zero attached hydrogens (tertiary/aromatic N) is 3. The average Bonchev–Trinajstić information content (AvgIpc) is 3.44. The van der Waals surface area contributed by atoms with Crippen molar-refractivity contribution < 1.29 is 14.4 Å². The van der Waals surface area contributed by atoms with Gasteiger partial charge in [-0.15, -0.1) is 11.3 Å².